The third-order valence-corrected chi connectivity index (χ3v) is 3.77. The van der Waals surface area contributed by atoms with Crippen molar-refractivity contribution in [3.8, 4) is 0 Å². The second kappa shape index (κ2) is 6.10. The van der Waals surface area contributed by atoms with Crippen molar-refractivity contribution in [2.24, 2.45) is 7.05 Å². The van der Waals surface area contributed by atoms with Crippen molar-refractivity contribution < 1.29 is 18.0 Å². The second-order valence-corrected chi connectivity index (χ2v) is 5.50. The number of carbonyl (C=O) groups excluding carboxylic acids is 1. The summed E-state index contributed by atoms with van der Waals surface area (Å²) in [5.74, 6) is -0.763. The number of rotatable bonds is 2. The van der Waals surface area contributed by atoms with E-state index >= 15 is 0 Å². The summed E-state index contributed by atoms with van der Waals surface area (Å²) in [7, 11) is 1.40. The Hall–Kier alpha value is -2.64. The van der Waals surface area contributed by atoms with Crippen LogP contribution in [0.3, 0.4) is 0 Å². The molecular formula is C16H16F3N3O2. The SMILES string of the molecule is Cc1ccc(C(F)(F)F)cc1NC(=O)c1c(C)c(C)nn(C)c1=O. The summed E-state index contributed by atoms with van der Waals surface area (Å²) >= 11 is 0. The molecule has 0 radical (unpaired) electrons. The Kier molecular flexibility index (Phi) is 4.50. The second-order valence-electron chi connectivity index (χ2n) is 5.50. The number of anilines is 1. The van der Waals surface area contributed by atoms with Crippen LogP contribution in [0.1, 0.15) is 32.7 Å². The van der Waals surface area contributed by atoms with Crippen LogP contribution < -0.4 is 10.9 Å². The number of hydrogen-bond donors (Lipinski definition) is 1. The van der Waals surface area contributed by atoms with Crippen molar-refractivity contribution in [1.82, 2.24) is 9.78 Å². The highest BCUT2D eigenvalue weighted by Gasteiger charge is 2.31. The fraction of sp³-hybridized carbons (Fsp3) is 0.312. The van der Waals surface area contributed by atoms with Gasteiger partial charge in [0.05, 0.1) is 11.3 Å². The molecule has 24 heavy (non-hydrogen) atoms. The first-order valence-corrected chi connectivity index (χ1v) is 7.06. The van der Waals surface area contributed by atoms with Crippen LogP contribution in [0.15, 0.2) is 23.0 Å². The monoisotopic (exact) mass is 339 g/mol. The highest BCUT2D eigenvalue weighted by atomic mass is 19.4. The smallest absolute Gasteiger partial charge is 0.322 e. The van der Waals surface area contributed by atoms with E-state index in [-0.39, 0.29) is 11.3 Å². The molecule has 0 saturated carbocycles. The van der Waals surface area contributed by atoms with E-state index in [1.807, 2.05) is 0 Å². The summed E-state index contributed by atoms with van der Waals surface area (Å²) < 4.78 is 39.5. The van der Waals surface area contributed by atoms with E-state index in [1.54, 1.807) is 20.8 Å². The van der Waals surface area contributed by atoms with E-state index in [0.29, 0.717) is 16.8 Å². The largest absolute Gasteiger partial charge is 0.416 e. The quantitative estimate of drug-likeness (QED) is 0.915. The minimum Gasteiger partial charge on any atom is -0.322 e. The summed E-state index contributed by atoms with van der Waals surface area (Å²) in [6.45, 7) is 4.78. The Morgan fingerprint density at radius 2 is 1.83 bits per heavy atom. The number of aromatic nitrogens is 2. The number of benzene rings is 1. The summed E-state index contributed by atoms with van der Waals surface area (Å²) in [5, 5.41) is 6.36. The van der Waals surface area contributed by atoms with Gasteiger partial charge in [-0.1, -0.05) is 6.07 Å². The molecule has 1 aromatic heterocycles. The van der Waals surface area contributed by atoms with Crippen LogP contribution in [0.5, 0.6) is 0 Å². The number of hydrogen-bond acceptors (Lipinski definition) is 3. The van der Waals surface area contributed by atoms with Gasteiger partial charge in [-0.2, -0.15) is 18.3 Å². The van der Waals surface area contributed by atoms with Gasteiger partial charge in [-0.3, -0.25) is 9.59 Å². The van der Waals surface area contributed by atoms with Gasteiger partial charge < -0.3 is 5.32 Å². The minimum atomic E-state index is -4.52. The fourth-order valence-electron chi connectivity index (χ4n) is 2.23. The lowest BCUT2D eigenvalue weighted by Gasteiger charge is -2.14. The first-order chi connectivity index (χ1) is 11.0. The average molecular weight is 339 g/mol. The molecule has 0 unspecified atom stereocenters. The molecule has 0 fully saturated rings. The lowest BCUT2D eigenvalue weighted by Crippen LogP contribution is -2.31. The Balaban J connectivity index is 2.47. The number of nitrogens with one attached hydrogen (secondary N) is 1. The van der Waals surface area contributed by atoms with Crippen LogP contribution in [-0.4, -0.2) is 15.7 Å². The van der Waals surface area contributed by atoms with Gasteiger partial charge in [0.2, 0.25) is 0 Å². The zero-order valence-electron chi connectivity index (χ0n) is 13.6. The standard InChI is InChI=1S/C16H16F3N3O2/c1-8-5-6-11(16(17,18)19)7-12(8)20-14(23)13-9(2)10(3)21-22(4)15(13)24/h5-7H,1-4H3,(H,20,23). The zero-order chi connectivity index (χ0) is 18.2. The van der Waals surface area contributed by atoms with Crippen molar-refractivity contribution in [3.63, 3.8) is 0 Å². The summed E-state index contributed by atoms with van der Waals surface area (Å²) in [5.41, 5.74) is -0.286. The zero-order valence-corrected chi connectivity index (χ0v) is 13.6. The minimum absolute atomic E-state index is 0.00532. The van der Waals surface area contributed by atoms with Gasteiger partial charge in [-0.05, 0) is 44.0 Å². The third-order valence-electron chi connectivity index (χ3n) is 3.77. The average Bonchev–Trinajstić information content (AvgIpc) is 2.46. The molecule has 5 nitrogen and oxygen atoms in total. The van der Waals surface area contributed by atoms with Crippen LogP contribution >= 0.6 is 0 Å². The highest BCUT2D eigenvalue weighted by Crippen LogP contribution is 2.32. The molecule has 0 atom stereocenters. The summed E-state index contributed by atoms with van der Waals surface area (Å²) in [6.07, 6.45) is -4.52. The van der Waals surface area contributed by atoms with Crippen LogP contribution in [0.2, 0.25) is 0 Å². The van der Waals surface area contributed by atoms with Crippen molar-refractivity contribution >= 4 is 11.6 Å². The Morgan fingerprint density at radius 3 is 2.42 bits per heavy atom. The van der Waals surface area contributed by atoms with E-state index < -0.39 is 23.2 Å². The predicted octanol–water partition coefficient (Wildman–Crippen LogP) is 2.98. The van der Waals surface area contributed by atoms with Gasteiger partial charge >= 0.3 is 6.18 Å². The molecule has 0 aliphatic rings. The number of nitrogens with zero attached hydrogens (tertiary/aromatic N) is 2. The maximum absolute atomic E-state index is 12.8. The van der Waals surface area contributed by atoms with E-state index in [0.717, 1.165) is 16.8 Å². The molecular weight excluding hydrogens is 323 g/mol. The van der Waals surface area contributed by atoms with E-state index in [2.05, 4.69) is 10.4 Å². The van der Waals surface area contributed by atoms with Crippen LogP contribution in [-0.2, 0) is 13.2 Å². The van der Waals surface area contributed by atoms with Gasteiger partial charge in [0.25, 0.3) is 11.5 Å². The Labute approximate surface area is 136 Å². The molecule has 8 heteroatoms. The van der Waals surface area contributed by atoms with Gasteiger partial charge in [0.15, 0.2) is 0 Å². The number of carbonyl (C=O) groups is 1. The van der Waals surface area contributed by atoms with Crippen molar-refractivity contribution in [1.29, 1.82) is 0 Å². The van der Waals surface area contributed by atoms with Gasteiger partial charge in [0.1, 0.15) is 5.56 Å². The van der Waals surface area contributed by atoms with Crippen LogP contribution in [0.25, 0.3) is 0 Å². The lowest BCUT2D eigenvalue weighted by atomic mass is 10.1. The summed E-state index contributed by atoms with van der Waals surface area (Å²) in [4.78, 5) is 24.6. The molecule has 0 spiro atoms. The molecule has 0 aliphatic heterocycles. The van der Waals surface area contributed by atoms with Crippen LogP contribution in [0.4, 0.5) is 18.9 Å². The van der Waals surface area contributed by atoms with Gasteiger partial charge in [-0.25, -0.2) is 4.68 Å². The number of halogens is 3. The van der Waals surface area contributed by atoms with Crippen molar-refractivity contribution in [2.75, 3.05) is 5.32 Å². The molecule has 0 aliphatic carbocycles. The first-order valence-electron chi connectivity index (χ1n) is 7.06. The van der Waals surface area contributed by atoms with Crippen molar-refractivity contribution in [3.05, 3.63) is 56.5 Å². The molecule has 1 aromatic carbocycles. The Bertz CT molecular complexity index is 870. The van der Waals surface area contributed by atoms with Crippen LogP contribution in [0, 0.1) is 20.8 Å². The Morgan fingerprint density at radius 1 is 1.21 bits per heavy atom. The molecule has 0 bridgehead atoms. The lowest BCUT2D eigenvalue weighted by molar-refractivity contribution is -0.137. The topological polar surface area (TPSA) is 64.0 Å². The van der Waals surface area contributed by atoms with Gasteiger partial charge in [0, 0.05) is 12.7 Å². The highest BCUT2D eigenvalue weighted by molar-refractivity contribution is 6.05. The molecule has 0 saturated heterocycles. The molecule has 1 amide bonds. The van der Waals surface area contributed by atoms with Gasteiger partial charge in [-0.15, -0.1) is 0 Å². The third kappa shape index (κ3) is 3.32. The van der Waals surface area contributed by atoms with E-state index in [4.69, 9.17) is 0 Å². The van der Waals surface area contributed by atoms with E-state index in [9.17, 15) is 22.8 Å². The maximum Gasteiger partial charge on any atom is 0.416 e. The molecule has 1 N–H and O–H groups in total. The summed E-state index contributed by atoms with van der Waals surface area (Å²) in [6, 6.07) is 3.05. The number of amides is 1. The molecule has 2 rings (SSSR count). The molecule has 1 heterocycles. The van der Waals surface area contributed by atoms with E-state index in [1.165, 1.54) is 13.1 Å². The normalized spacial score (nSPS) is 11.5. The number of aryl methyl sites for hydroxylation is 3. The predicted molar refractivity (Wildman–Crippen MR) is 83.1 cm³/mol. The maximum atomic E-state index is 12.8. The molecule has 128 valence electrons. The molecule has 2 aromatic rings. The van der Waals surface area contributed by atoms with Crippen molar-refractivity contribution in [2.45, 2.75) is 26.9 Å². The fourth-order valence-corrected chi connectivity index (χ4v) is 2.23. The number of alkyl halides is 3. The first kappa shape index (κ1) is 17.7.